The molecule has 1 heterocycles. The number of benzene rings is 1. The summed E-state index contributed by atoms with van der Waals surface area (Å²) in [6.45, 7) is 0. The van der Waals surface area contributed by atoms with Gasteiger partial charge >= 0.3 is 5.97 Å². The molecule has 2 rings (SSSR count). The van der Waals surface area contributed by atoms with Gasteiger partial charge in [-0.2, -0.15) is 9.97 Å². The van der Waals surface area contributed by atoms with Gasteiger partial charge in [0.25, 0.3) is 0 Å². The molecule has 0 radical (unpaired) electrons. The summed E-state index contributed by atoms with van der Waals surface area (Å²) in [6.07, 6.45) is 0. The molecule has 0 aliphatic heterocycles. The van der Waals surface area contributed by atoms with E-state index in [9.17, 15) is 9.90 Å². The lowest BCUT2D eigenvalue weighted by atomic mass is 10.2. The molecule has 0 aliphatic rings. The molecule has 1 N–H and O–H groups in total. The van der Waals surface area contributed by atoms with Crippen molar-refractivity contribution in [1.82, 2.24) is 9.97 Å². The highest BCUT2D eigenvalue weighted by molar-refractivity contribution is 7.99. The van der Waals surface area contributed by atoms with Gasteiger partial charge in [0.15, 0.2) is 5.16 Å². The highest BCUT2D eigenvalue weighted by Gasteiger charge is 2.14. The molecular weight excluding hydrogens is 316 g/mol. The van der Waals surface area contributed by atoms with Gasteiger partial charge in [-0.25, -0.2) is 4.79 Å². The predicted octanol–water partition coefficient (Wildman–Crippen LogP) is 3.00. The molecule has 0 unspecified atom stereocenters. The molecule has 0 aliphatic carbocycles. The van der Waals surface area contributed by atoms with Crippen molar-refractivity contribution >= 4 is 29.3 Å². The van der Waals surface area contributed by atoms with Crippen LogP contribution in [-0.4, -0.2) is 35.3 Å². The molecule has 2 aromatic rings. The Balaban J connectivity index is 2.40. The fourth-order valence-corrected chi connectivity index (χ4v) is 2.53. The Hall–Kier alpha value is -1.99. The number of carboxylic acid groups (broad SMARTS) is 1. The van der Waals surface area contributed by atoms with E-state index in [0.717, 1.165) is 11.8 Å². The van der Waals surface area contributed by atoms with Crippen molar-refractivity contribution in [2.45, 2.75) is 10.1 Å². The number of rotatable bonds is 5. The highest BCUT2D eigenvalue weighted by atomic mass is 35.5. The van der Waals surface area contributed by atoms with Gasteiger partial charge in [-0.05, 0) is 30.0 Å². The summed E-state index contributed by atoms with van der Waals surface area (Å²) in [6, 6.07) is 6.12. The van der Waals surface area contributed by atoms with Crippen molar-refractivity contribution in [3.05, 3.63) is 34.9 Å². The first-order chi connectivity index (χ1) is 10.0. The third-order valence-corrected chi connectivity index (χ3v) is 3.63. The molecule has 0 amide bonds. The van der Waals surface area contributed by atoms with E-state index in [1.165, 1.54) is 26.4 Å². The van der Waals surface area contributed by atoms with E-state index in [4.69, 9.17) is 21.1 Å². The molecule has 0 saturated heterocycles. The molecule has 0 saturated carbocycles. The maximum absolute atomic E-state index is 11.2. The predicted molar refractivity (Wildman–Crippen MR) is 77.7 cm³/mol. The number of halogens is 1. The Labute approximate surface area is 130 Å². The van der Waals surface area contributed by atoms with Crippen molar-refractivity contribution in [2.75, 3.05) is 14.2 Å². The standard InChI is InChI=1S/C13H11ClN2O4S/c1-19-10-6-11(20-2)16-13(15-10)21-9-4-3-7(14)5-8(9)12(17)18/h3-6H,1-2H3,(H,17,18). The van der Waals surface area contributed by atoms with Crippen LogP contribution in [0.15, 0.2) is 34.3 Å². The van der Waals surface area contributed by atoms with E-state index < -0.39 is 5.97 Å². The van der Waals surface area contributed by atoms with Crippen molar-refractivity contribution in [2.24, 2.45) is 0 Å². The average molecular weight is 327 g/mol. The summed E-state index contributed by atoms with van der Waals surface area (Å²) in [5, 5.41) is 9.87. The number of ether oxygens (including phenoxy) is 2. The Morgan fingerprint density at radius 2 is 1.81 bits per heavy atom. The molecule has 8 heteroatoms. The average Bonchev–Trinajstić information content (AvgIpc) is 2.48. The Bertz CT molecular complexity index is 659. The number of nitrogens with zero attached hydrogens (tertiary/aromatic N) is 2. The Morgan fingerprint density at radius 1 is 1.19 bits per heavy atom. The van der Waals surface area contributed by atoms with E-state index in [1.807, 2.05) is 0 Å². The number of carboxylic acids is 1. The second-order valence-corrected chi connectivity index (χ2v) is 5.23. The smallest absolute Gasteiger partial charge is 0.336 e. The van der Waals surface area contributed by atoms with E-state index in [-0.39, 0.29) is 5.56 Å². The molecule has 0 atom stereocenters. The van der Waals surface area contributed by atoms with Gasteiger partial charge in [0.05, 0.1) is 25.8 Å². The first-order valence-corrected chi connectivity index (χ1v) is 6.90. The Kier molecular flexibility index (Phi) is 4.87. The zero-order valence-corrected chi connectivity index (χ0v) is 12.7. The summed E-state index contributed by atoms with van der Waals surface area (Å²) in [5.41, 5.74) is 0.0814. The molecule has 1 aromatic heterocycles. The van der Waals surface area contributed by atoms with Crippen LogP contribution in [0.1, 0.15) is 10.4 Å². The summed E-state index contributed by atoms with van der Waals surface area (Å²) in [7, 11) is 2.95. The van der Waals surface area contributed by atoms with Crippen molar-refractivity contribution < 1.29 is 19.4 Å². The van der Waals surface area contributed by atoms with Gasteiger partial charge in [0.2, 0.25) is 11.8 Å². The van der Waals surface area contributed by atoms with E-state index in [2.05, 4.69) is 9.97 Å². The zero-order chi connectivity index (χ0) is 15.4. The normalized spacial score (nSPS) is 10.2. The summed E-state index contributed by atoms with van der Waals surface area (Å²) < 4.78 is 10.1. The second-order valence-electron chi connectivity index (χ2n) is 3.78. The zero-order valence-electron chi connectivity index (χ0n) is 11.2. The largest absolute Gasteiger partial charge is 0.481 e. The number of hydrogen-bond donors (Lipinski definition) is 1. The minimum atomic E-state index is -1.07. The quantitative estimate of drug-likeness (QED) is 0.846. The third-order valence-electron chi connectivity index (χ3n) is 2.45. The lowest BCUT2D eigenvalue weighted by Gasteiger charge is -2.08. The fourth-order valence-electron chi connectivity index (χ4n) is 1.50. The van der Waals surface area contributed by atoms with Gasteiger partial charge in [0, 0.05) is 9.92 Å². The Morgan fingerprint density at radius 3 is 2.33 bits per heavy atom. The van der Waals surface area contributed by atoms with Crippen LogP contribution < -0.4 is 9.47 Å². The second kappa shape index (κ2) is 6.64. The maximum atomic E-state index is 11.2. The minimum Gasteiger partial charge on any atom is -0.481 e. The summed E-state index contributed by atoms with van der Waals surface area (Å²) in [5.74, 6) is -0.416. The molecule has 0 fully saturated rings. The SMILES string of the molecule is COc1cc(OC)nc(Sc2ccc(Cl)cc2C(=O)O)n1. The van der Waals surface area contributed by atoms with E-state index >= 15 is 0 Å². The lowest BCUT2D eigenvalue weighted by molar-refractivity contribution is 0.0693. The van der Waals surface area contributed by atoms with E-state index in [0.29, 0.717) is 26.8 Å². The fraction of sp³-hybridized carbons (Fsp3) is 0.154. The summed E-state index contributed by atoms with van der Waals surface area (Å²) >= 11 is 6.90. The van der Waals surface area contributed by atoms with Gasteiger partial charge in [-0.15, -0.1) is 0 Å². The topological polar surface area (TPSA) is 81.5 Å². The monoisotopic (exact) mass is 326 g/mol. The van der Waals surface area contributed by atoms with Crippen LogP contribution in [0, 0.1) is 0 Å². The van der Waals surface area contributed by atoms with Gasteiger partial charge in [0.1, 0.15) is 0 Å². The van der Waals surface area contributed by atoms with Crippen LogP contribution in [0.2, 0.25) is 5.02 Å². The number of aromatic carboxylic acids is 1. The molecular formula is C13H11ClN2O4S. The van der Waals surface area contributed by atoms with E-state index in [1.54, 1.807) is 12.1 Å². The molecule has 0 bridgehead atoms. The molecule has 21 heavy (non-hydrogen) atoms. The number of hydrogen-bond acceptors (Lipinski definition) is 6. The van der Waals surface area contributed by atoms with Crippen LogP contribution in [0.25, 0.3) is 0 Å². The number of methoxy groups -OCH3 is 2. The first-order valence-electron chi connectivity index (χ1n) is 5.71. The first kappa shape index (κ1) is 15.4. The van der Waals surface area contributed by atoms with Crippen LogP contribution in [-0.2, 0) is 0 Å². The van der Waals surface area contributed by atoms with Gasteiger partial charge < -0.3 is 14.6 Å². The van der Waals surface area contributed by atoms with Crippen LogP contribution in [0.5, 0.6) is 11.8 Å². The van der Waals surface area contributed by atoms with Gasteiger partial charge in [-0.3, -0.25) is 0 Å². The molecule has 1 aromatic carbocycles. The van der Waals surface area contributed by atoms with Crippen LogP contribution in [0.3, 0.4) is 0 Å². The highest BCUT2D eigenvalue weighted by Crippen LogP contribution is 2.32. The van der Waals surface area contributed by atoms with Gasteiger partial charge in [-0.1, -0.05) is 11.6 Å². The third kappa shape index (κ3) is 3.77. The molecule has 110 valence electrons. The molecule has 0 spiro atoms. The van der Waals surface area contributed by atoms with Crippen LogP contribution in [0.4, 0.5) is 0 Å². The lowest BCUT2D eigenvalue weighted by Crippen LogP contribution is -2.00. The van der Waals surface area contributed by atoms with Crippen molar-refractivity contribution in [1.29, 1.82) is 0 Å². The van der Waals surface area contributed by atoms with Crippen molar-refractivity contribution in [3.63, 3.8) is 0 Å². The number of carbonyl (C=O) groups is 1. The van der Waals surface area contributed by atoms with Crippen LogP contribution >= 0.6 is 23.4 Å². The molecule has 6 nitrogen and oxygen atoms in total. The minimum absolute atomic E-state index is 0.0814. The number of aromatic nitrogens is 2. The van der Waals surface area contributed by atoms with Crippen molar-refractivity contribution in [3.8, 4) is 11.8 Å². The summed E-state index contributed by atoms with van der Waals surface area (Å²) in [4.78, 5) is 20.0. The maximum Gasteiger partial charge on any atom is 0.336 e.